The molecule has 144 valence electrons. The highest BCUT2D eigenvalue weighted by molar-refractivity contribution is 7.09. The van der Waals surface area contributed by atoms with Gasteiger partial charge in [-0.25, -0.2) is 0 Å². The minimum atomic E-state index is -0.442. The summed E-state index contributed by atoms with van der Waals surface area (Å²) in [5, 5.41) is 0.447. The van der Waals surface area contributed by atoms with Crippen molar-refractivity contribution in [3.05, 3.63) is 57.2 Å². The normalized spacial score (nSPS) is 14.9. The molecule has 2 aromatic rings. The summed E-state index contributed by atoms with van der Waals surface area (Å²) in [5.41, 5.74) is 0.240. The van der Waals surface area contributed by atoms with E-state index in [-0.39, 0.29) is 5.41 Å². The van der Waals surface area contributed by atoms with Crippen molar-refractivity contribution < 1.29 is 19.0 Å². The third-order valence-electron chi connectivity index (χ3n) is 3.91. The summed E-state index contributed by atoms with van der Waals surface area (Å²) < 4.78 is 17.9. The number of halogens is 1. The summed E-state index contributed by atoms with van der Waals surface area (Å²) in [6, 6.07) is 4.88. The SMILES string of the molecule is COc1ccc(Cl)cc1C(=O)N=c1sc(C(C)(C)C)cn1CC1OC=CO1. The zero-order valence-corrected chi connectivity index (χ0v) is 17.1. The Morgan fingerprint density at radius 2 is 2.04 bits per heavy atom. The van der Waals surface area contributed by atoms with Crippen LogP contribution in [0.1, 0.15) is 36.0 Å². The van der Waals surface area contributed by atoms with Crippen LogP contribution in [0.4, 0.5) is 0 Å². The van der Waals surface area contributed by atoms with Crippen molar-refractivity contribution in [2.24, 2.45) is 4.99 Å². The molecule has 0 spiro atoms. The van der Waals surface area contributed by atoms with Crippen molar-refractivity contribution in [2.75, 3.05) is 7.11 Å². The third-order valence-corrected chi connectivity index (χ3v) is 5.59. The highest BCUT2D eigenvalue weighted by atomic mass is 35.5. The third kappa shape index (κ3) is 4.54. The largest absolute Gasteiger partial charge is 0.496 e. The number of hydrogen-bond donors (Lipinski definition) is 0. The van der Waals surface area contributed by atoms with E-state index in [2.05, 4.69) is 25.8 Å². The van der Waals surface area contributed by atoms with E-state index in [1.807, 2.05) is 10.8 Å². The summed E-state index contributed by atoms with van der Waals surface area (Å²) in [6.07, 6.45) is 4.54. The van der Waals surface area contributed by atoms with Gasteiger partial charge in [0.1, 0.15) is 18.3 Å². The van der Waals surface area contributed by atoms with Crippen molar-refractivity contribution in [3.8, 4) is 5.75 Å². The van der Waals surface area contributed by atoms with Crippen molar-refractivity contribution in [2.45, 2.75) is 39.0 Å². The van der Waals surface area contributed by atoms with E-state index in [9.17, 15) is 4.79 Å². The molecule has 1 aliphatic heterocycles. The van der Waals surface area contributed by atoms with E-state index in [1.54, 1.807) is 18.2 Å². The molecule has 0 unspecified atom stereocenters. The molecule has 1 aromatic carbocycles. The minimum Gasteiger partial charge on any atom is -0.496 e. The van der Waals surface area contributed by atoms with E-state index in [0.717, 1.165) is 4.88 Å². The average Bonchev–Trinajstić information content (AvgIpc) is 3.25. The fourth-order valence-corrected chi connectivity index (χ4v) is 3.69. The lowest BCUT2D eigenvalue weighted by Gasteiger charge is -2.15. The van der Waals surface area contributed by atoms with Crippen LogP contribution in [0.15, 0.2) is 41.9 Å². The Morgan fingerprint density at radius 3 is 2.67 bits per heavy atom. The zero-order valence-electron chi connectivity index (χ0n) is 15.6. The van der Waals surface area contributed by atoms with E-state index in [4.69, 9.17) is 25.8 Å². The fourth-order valence-electron chi connectivity index (χ4n) is 2.46. The van der Waals surface area contributed by atoms with Gasteiger partial charge in [-0.05, 0) is 23.6 Å². The Kier molecular flexibility index (Phi) is 5.62. The Balaban J connectivity index is 2.02. The smallest absolute Gasteiger partial charge is 0.283 e. The standard InChI is InChI=1S/C19H21ClN2O4S/c1-19(2,3)15-10-22(11-16-25-7-8-26-16)18(27-15)21-17(23)13-9-12(20)5-6-14(13)24-4/h5-10,16H,11H2,1-4H3. The van der Waals surface area contributed by atoms with Crippen molar-refractivity contribution in [1.82, 2.24) is 4.57 Å². The molecule has 0 N–H and O–H groups in total. The topological polar surface area (TPSA) is 62.0 Å². The van der Waals surface area contributed by atoms with Crippen LogP contribution in [0.3, 0.4) is 0 Å². The molecule has 0 saturated carbocycles. The van der Waals surface area contributed by atoms with Gasteiger partial charge in [0, 0.05) is 16.1 Å². The second-order valence-corrected chi connectivity index (χ2v) is 8.46. The van der Waals surface area contributed by atoms with Crippen LogP contribution >= 0.6 is 22.9 Å². The number of benzene rings is 1. The summed E-state index contributed by atoms with van der Waals surface area (Å²) >= 11 is 7.50. The molecule has 1 aromatic heterocycles. The number of hydrogen-bond acceptors (Lipinski definition) is 5. The Labute approximate surface area is 166 Å². The molecule has 1 amide bonds. The van der Waals surface area contributed by atoms with Crippen LogP contribution in [0.5, 0.6) is 5.75 Å². The number of methoxy groups -OCH3 is 1. The van der Waals surface area contributed by atoms with E-state index in [0.29, 0.717) is 27.7 Å². The molecule has 0 bridgehead atoms. The number of nitrogens with zero attached hydrogens (tertiary/aromatic N) is 2. The van der Waals surface area contributed by atoms with E-state index < -0.39 is 12.2 Å². The van der Waals surface area contributed by atoms with E-state index >= 15 is 0 Å². The van der Waals surface area contributed by atoms with Crippen molar-refractivity contribution in [3.63, 3.8) is 0 Å². The quantitative estimate of drug-likeness (QED) is 0.764. The predicted molar refractivity (Wildman–Crippen MR) is 104 cm³/mol. The molecule has 6 nitrogen and oxygen atoms in total. The lowest BCUT2D eigenvalue weighted by atomic mass is 9.95. The van der Waals surface area contributed by atoms with Crippen LogP contribution in [0.2, 0.25) is 5.02 Å². The molecule has 1 aliphatic rings. The molecule has 0 fully saturated rings. The summed E-state index contributed by atoms with van der Waals surface area (Å²) in [6.45, 7) is 6.75. The molecular weight excluding hydrogens is 388 g/mol. The number of carbonyl (C=O) groups excluding carboxylic acids is 1. The van der Waals surface area contributed by atoms with Gasteiger partial charge in [-0.15, -0.1) is 11.3 Å². The number of rotatable bonds is 4. The Hall–Kier alpha value is -2.25. The minimum absolute atomic E-state index is 0.0768. The van der Waals surface area contributed by atoms with Gasteiger partial charge in [0.25, 0.3) is 12.2 Å². The van der Waals surface area contributed by atoms with Gasteiger partial charge in [-0.2, -0.15) is 4.99 Å². The number of thiazole rings is 1. The molecule has 8 heteroatoms. The molecule has 0 radical (unpaired) electrons. The van der Waals surface area contributed by atoms with Gasteiger partial charge in [0.2, 0.25) is 0 Å². The van der Waals surface area contributed by atoms with Gasteiger partial charge < -0.3 is 18.8 Å². The van der Waals surface area contributed by atoms with Crippen LogP contribution in [-0.2, 0) is 21.4 Å². The number of carbonyl (C=O) groups is 1. The maximum Gasteiger partial charge on any atom is 0.283 e. The average molecular weight is 409 g/mol. The maximum atomic E-state index is 12.8. The van der Waals surface area contributed by atoms with Gasteiger partial charge in [0.05, 0.1) is 19.2 Å². The van der Waals surface area contributed by atoms with Crippen LogP contribution in [0.25, 0.3) is 0 Å². The van der Waals surface area contributed by atoms with Gasteiger partial charge in [-0.1, -0.05) is 32.4 Å². The van der Waals surface area contributed by atoms with Gasteiger partial charge >= 0.3 is 0 Å². The molecular formula is C19H21ClN2O4S. The lowest BCUT2D eigenvalue weighted by molar-refractivity contribution is -0.0347. The zero-order chi connectivity index (χ0) is 19.6. The number of ether oxygens (including phenoxy) is 3. The fraction of sp³-hybridized carbons (Fsp3) is 0.368. The second kappa shape index (κ2) is 7.78. The Bertz CT molecular complexity index is 932. The highest BCUT2D eigenvalue weighted by Gasteiger charge is 2.21. The monoisotopic (exact) mass is 408 g/mol. The molecule has 3 rings (SSSR count). The first kappa shape index (κ1) is 19.5. The first-order valence-corrected chi connectivity index (χ1v) is 9.56. The number of aromatic nitrogens is 1. The molecule has 2 heterocycles. The highest BCUT2D eigenvalue weighted by Crippen LogP contribution is 2.26. The number of amides is 1. The first-order valence-electron chi connectivity index (χ1n) is 8.37. The van der Waals surface area contributed by atoms with Gasteiger partial charge in [0.15, 0.2) is 4.80 Å². The molecule has 0 saturated heterocycles. The second-order valence-electron chi connectivity index (χ2n) is 7.02. The van der Waals surface area contributed by atoms with Crippen LogP contribution < -0.4 is 9.54 Å². The Morgan fingerprint density at radius 1 is 1.33 bits per heavy atom. The molecule has 27 heavy (non-hydrogen) atoms. The predicted octanol–water partition coefficient (Wildman–Crippen LogP) is 4.09. The maximum absolute atomic E-state index is 12.8. The van der Waals surface area contributed by atoms with Crippen molar-refractivity contribution in [1.29, 1.82) is 0 Å². The van der Waals surface area contributed by atoms with Crippen LogP contribution in [-0.4, -0.2) is 23.9 Å². The van der Waals surface area contributed by atoms with Gasteiger partial charge in [-0.3, -0.25) is 4.79 Å². The van der Waals surface area contributed by atoms with Crippen LogP contribution in [0, 0.1) is 0 Å². The summed E-state index contributed by atoms with van der Waals surface area (Å²) in [7, 11) is 1.50. The summed E-state index contributed by atoms with van der Waals surface area (Å²) in [5.74, 6) is 0.00996. The lowest BCUT2D eigenvalue weighted by Crippen LogP contribution is -2.24. The summed E-state index contributed by atoms with van der Waals surface area (Å²) in [4.78, 5) is 18.8. The first-order chi connectivity index (χ1) is 12.8. The van der Waals surface area contributed by atoms with E-state index in [1.165, 1.54) is 31.0 Å². The molecule has 0 atom stereocenters. The van der Waals surface area contributed by atoms with Crippen molar-refractivity contribution >= 4 is 28.8 Å². The molecule has 0 aliphatic carbocycles.